The van der Waals surface area contributed by atoms with Crippen molar-refractivity contribution in [2.75, 3.05) is 18.4 Å². The molecule has 132 valence electrons. The predicted molar refractivity (Wildman–Crippen MR) is 104 cm³/mol. The van der Waals surface area contributed by atoms with Crippen LogP contribution in [0.1, 0.15) is 13.8 Å². The number of imide groups is 1. The molecule has 2 aromatic heterocycles. The Bertz CT molecular complexity index is 839. The number of halogens is 2. The van der Waals surface area contributed by atoms with E-state index in [1.165, 1.54) is 4.90 Å². The van der Waals surface area contributed by atoms with E-state index in [9.17, 15) is 9.59 Å². The van der Waals surface area contributed by atoms with Gasteiger partial charge in [-0.05, 0) is 51.8 Å². The maximum absolute atomic E-state index is 11.8. The molecule has 2 N–H and O–H groups in total. The minimum absolute atomic E-state index is 0.288. The Morgan fingerprint density at radius 2 is 2.12 bits per heavy atom. The van der Waals surface area contributed by atoms with E-state index in [4.69, 9.17) is 0 Å². The van der Waals surface area contributed by atoms with Crippen LogP contribution in [-0.2, 0) is 4.79 Å². The molecule has 3 amide bonds. The first-order valence-electron chi connectivity index (χ1n) is 7.43. The lowest BCUT2D eigenvalue weighted by atomic mass is 10.0. The van der Waals surface area contributed by atoms with E-state index in [2.05, 4.69) is 52.5 Å². The monoisotopic (exact) mass is 487 g/mol. The summed E-state index contributed by atoms with van der Waals surface area (Å²) in [4.78, 5) is 34.8. The molecule has 25 heavy (non-hydrogen) atoms. The number of amides is 3. The van der Waals surface area contributed by atoms with Crippen LogP contribution in [-0.4, -0.2) is 45.4 Å². The normalized spacial score (nSPS) is 16.2. The number of carbonyl (C=O) groups excluding carboxylic acids is 2. The van der Waals surface area contributed by atoms with Crippen molar-refractivity contribution in [1.82, 2.24) is 20.2 Å². The molecule has 1 aliphatic rings. The number of hydrogen-bond donors (Lipinski definition) is 2. The van der Waals surface area contributed by atoms with Crippen LogP contribution >= 0.6 is 43.2 Å². The summed E-state index contributed by atoms with van der Waals surface area (Å²) in [5.41, 5.74) is -0.0511. The first kappa shape index (κ1) is 18.3. The Kier molecular flexibility index (Phi) is 5.12. The average Bonchev–Trinajstić information content (AvgIpc) is 2.99. The van der Waals surface area contributed by atoms with Crippen molar-refractivity contribution < 1.29 is 9.59 Å². The maximum atomic E-state index is 11.8. The van der Waals surface area contributed by atoms with Crippen molar-refractivity contribution >= 4 is 61.1 Å². The third-order valence-electron chi connectivity index (χ3n) is 3.89. The summed E-state index contributed by atoms with van der Waals surface area (Å²) in [6.45, 7) is 4.24. The van der Waals surface area contributed by atoms with Gasteiger partial charge in [-0.3, -0.25) is 10.1 Å². The Hall–Kier alpha value is -1.52. The summed E-state index contributed by atoms with van der Waals surface area (Å²) < 4.78 is 1.93. The molecule has 1 aliphatic heterocycles. The largest absolute Gasteiger partial charge is 0.352 e. The first-order valence-corrected chi connectivity index (χ1v) is 9.90. The minimum atomic E-state index is -0.852. The van der Waals surface area contributed by atoms with E-state index in [1.807, 2.05) is 11.4 Å². The van der Waals surface area contributed by atoms with Gasteiger partial charge in [0.25, 0.3) is 5.91 Å². The predicted octanol–water partition coefficient (Wildman–Crippen LogP) is 3.47. The second-order valence-electron chi connectivity index (χ2n) is 5.89. The minimum Gasteiger partial charge on any atom is -0.352 e. The molecule has 0 radical (unpaired) electrons. The van der Waals surface area contributed by atoms with Crippen LogP contribution in [0.3, 0.4) is 0 Å². The van der Waals surface area contributed by atoms with Crippen molar-refractivity contribution in [3.8, 4) is 10.6 Å². The van der Waals surface area contributed by atoms with Crippen LogP contribution in [0, 0.1) is 0 Å². The van der Waals surface area contributed by atoms with Gasteiger partial charge < -0.3 is 10.2 Å². The highest BCUT2D eigenvalue weighted by Crippen LogP contribution is 2.39. The molecule has 2 aromatic rings. The maximum Gasteiger partial charge on any atom is 0.325 e. The smallest absolute Gasteiger partial charge is 0.325 e. The van der Waals surface area contributed by atoms with E-state index in [-0.39, 0.29) is 11.9 Å². The zero-order valence-electron chi connectivity index (χ0n) is 13.5. The molecule has 0 bridgehead atoms. The Morgan fingerprint density at radius 1 is 1.36 bits per heavy atom. The number of nitrogens with one attached hydrogen (secondary N) is 2. The molecule has 0 saturated carbocycles. The number of nitrogens with zero attached hydrogens (tertiary/aromatic N) is 3. The van der Waals surface area contributed by atoms with Crippen molar-refractivity contribution in [1.29, 1.82) is 0 Å². The van der Waals surface area contributed by atoms with Crippen LogP contribution in [0.15, 0.2) is 26.6 Å². The third kappa shape index (κ3) is 3.56. The van der Waals surface area contributed by atoms with E-state index in [1.54, 1.807) is 31.4 Å². The zero-order chi connectivity index (χ0) is 18.2. The molecule has 3 heterocycles. The Labute approximate surface area is 165 Å². The summed E-state index contributed by atoms with van der Waals surface area (Å²) >= 11 is 8.57. The standard InChI is InChI=1S/C15H15Br2N5O2S/c1-15(2)12(23)21-14(24)22(15)6-5-19-13-18-4-3-9(20-13)11-10(17)8(16)7-25-11/h3-4,7H,5-6H2,1-2H3,(H,18,19,20)(H,21,23,24). The van der Waals surface area contributed by atoms with Gasteiger partial charge in [0, 0.05) is 29.1 Å². The SMILES string of the molecule is CC1(C)C(=O)NC(=O)N1CCNc1nccc(-c2scc(Br)c2Br)n1. The number of hydrogen-bond acceptors (Lipinski definition) is 6. The van der Waals surface area contributed by atoms with Crippen LogP contribution in [0.2, 0.25) is 0 Å². The fourth-order valence-corrected chi connectivity index (χ4v) is 4.57. The van der Waals surface area contributed by atoms with Crippen LogP contribution in [0.5, 0.6) is 0 Å². The van der Waals surface area contributed by atoms with Crippen LogP contribution in [0.25, 0.3) is 10.6 Å². The van der Waals surface area contributed by atoms with Crippen LogP contribution < -0.4 is 10.6 Å². The number of anilines is 1. The highest BCUT2D eigenvalue weighted by atomic mass is 79.9. The van der Waals surface area contributed by atoms with E-state index >= 15 is 0 Å². The summed E-state index contributed by atoms with van der Waals surface area (Å²) in [5.74, 6) is 0.182. The summed E-state index contributed by atoms with van der Waals surface area (Å²) in [5, 5.41) is 7.42. The molecule has 3 rings (SSSR count). The lowest BCUT2D eigenvalue weighted by Crippen LogP contribution is -2.46. The molecule has 0 atom stereocenters. The van der Waals surface area contributed by atoms with Gasteiger partial charge >= 0.3 is 6.03 Å². The van der Waals surface area contributed by atoms with Crippen molar-refractivity contribution in [3.05, 3.63) is 26.6 Å². The zero-order valence-corrected chi connectivity index (χ0v) is 17.5. The van der Waals surface area contributed by atoms with E-state index < -0.39 is 5.54 Å². The van der Waals surface area contributed by atoms with E-state index in [0.29, 0.717) is 19.0 Å². The number of carbonyl (C=O) groups is 2. The molecule has 1 saturated heterocycles. The molecule has 1 fully saturated rings. The van der Waals surface area contributed by atoms with Gasteiger partial charge in [0.2, 0.25) is 5.95 Å². The number of urea groups is 1. The fraction of sp³-hybridized carbons (Fsp3) is 0.333. The van der Waals surface area contributed by atoms with Crippen molar-refractivity contribution in [2.45, 2.75) is 19.4 Å². The van der Waals surface area contributed by atoms with Gasteiger partial charge in [0.15, 0.2) is 0 Å². The summed E-state index contributed by atoms with van der Waals surface area (Å²) in [7, 11) is 0. The summed E-state index contributed by atoms with van der Waals surface area (Å²) in [6.07, 6.45) is 1.68. The second kappa shape index (κ2) is 7.00. The third-order valence-corrected chi connectivity index (χ3v) is 7.44. The highest BCUT2D eigenvalue weighted by molar-refractivity contribution is 9.13. The van der Waals surface area contributed by atoms with Gasteiger partial charge in [0.1, 0.15) is 5.54 Å². The number of aromatic nitrogens is 2. The molecule has 0 unspecified atom stereocenters. The Balaban J connectivity index is 1.67. The molecule has 0 aliphatic carbocycles. The molecular weight excluding hydrogens is 474 g/mol. The fourth-order valence-electron chi connectivity index (χ4n) is 2.42. The summed E-state index contributed by atoms with van der Waals surface area (Å²) in [6, 6.07) is 1.46. The van der Waals surface area contributed by atoms with Crippen LogP contribution in [0.4, 0.5) is 10.7 Å². The quantitative estimate of drug-likeness (QED) is 0.629. The van der Waals surface area contributed by atoms with Gasteiger partial charge in [-0.15, -0.1) is 11.3 Å². The van der Waals surface area contributed by atoms with Gasteiger partial charge in [0.05, 0.1) is 15.0 Å². The van der Waals surface area contributed by atoms with Gasteiger partial charge in [-0.2, -0.15) is 0 Å². The van der Waals surface area contributed by atoms with Gasteiger partial charge in [-0.25, -0.2) is 14.8 Å². The molecule has 0 aromatic carbocycles. The lowest BCUT2D eigenvalue weighted by molar-refractivity contribution is -0.125. The highest BCUT2D eigenvalue weighted by Gasteiger charge is 2.44. The average molecular weight is 489 g/mol. The Morgan fingerprint density at radius 3 is 2.72 bits per heavy atom. The second-order valence-corrected chi connectivity index (χ2v) is 8.42. The van der Waals surface area contributed by atoms with Crippen molar-refractivity contribution in [2.24, 2.45) is 0 Å². The molecule has 0 spiro atoms. The van der Waals surface area contributed by atoms with Crippen molar-refractivity contribution in [3.63, 3.8) is 0 Å². The molecular formula is C15H15Br2N5O2S. The molecule has 7 nitrogen and oxygen atoms in total. The number of thiophene rings is 1. The van der Waals surface area contributed by atoms with E-state index in [0.717, 1.165) is 19.5 Å². The van der Waals surface area contributed by atoms with Gasteiger partial charge in [-0.1, -0.05) is 0 Å². The first-order chi connectivity index (χ1) is 11.8. The molecule has 10 heteroatoms. The topological polar surface area (TPSA) is 87.2 Å². The number of rotatable bonds is 5. The lowest BCUT2D eigenvalue weighted by Gasteiger charge is -2.27.